The van der Waals surface area contributed by atoms with E-state index in [1.54, 1.807) is 25.1 Å². The van der Waals surface area contributed by atoms with E-state index in [-0.39, 0.29) is 11.8 Å². The van der Waals surface area contributed by atoms with Crippen molar-refractivity contribution in [2.24, 2.45) is 0 Å². The lowest BCUT2D eigenvalue weighted by Crippen LogP contribution is -2.34. The standard InChI is InChI=1S/C17H27N3O3/c1-5-16(21)19-13-8-9-14(15(12-13)23-4)17(22)18-10-11-20(6-2)7-3/h8-9,12H,5-7,10-11H2,1-4H3,(H,18,22)(H,19,21). The molecule has 0 aromatic heterocycles. The molecule has 0 saturated heterocycles. The summed E-state index contributed by atoms with van der Waals surface area (Å²) in [7, 11) is 1.51. The molecule has 2 amide bonds. The van der Waals surface area contributed by atoms with Gasteiger partial charge in [0.05, 0.1) is 12.7 Å². The predicted octanol–water partition coefficient (Wildman–Crippen LogP) is 2.12. The second-order valence-corrected chi connectivity index (χ2v) is 5.10. The van der Waals surface area contributed by atoms with Gasteiger partial charge in [0.15, 0.2) is 0 Å². The summed E-state index contributed by atoms with van der Waals surface area (Å²) in [5.74, 6) is 0.185. The molecule has 0 saturated carbocycles. The van der Waals surface area contributed by atoms with E-state index in [0.717, 1.165) is 19.6 Å². The smallest absolute Gasteiger partial charge is 0.255 e. The molecule has 23 heavy (non-hydrogen) atoms. The molecule has 0 fully saturated rings. The van der Waals surface area contributed by atoms with Crippen molar-refractivity contribution in [2.75, 3.05) is 38.6 Å². The first kappa shape index (κ1) is 19.0. The third-order valence-corrected chi connectivity index (χ3v) is 3.66. The minimum atomic E-state index is -0.178. The first-order chi connectivity index (χ1) is 11.0. The summed E-state index contributed by atoms with van der Waals surface area (Å²) in [5, 5.41) is 5.64. The Labute approximate surface area is 138 Å². The molecule has 0 radical (unpaired) electrons. The first-order valence-corrected chi connectivity index (χ1v) is 8.04. The molecule has 1 aromatic rings. The topological polar surface area (TPSA) is 70.7 Å². The predicted molar refractivity (Wildman–Crippen MR) is 92.0 cm³/mol. The molecule has 0 spiro atoms. The summed E-state index contributed by atoms with van der Waals surface area (Å²) in [6, 6.07) is 5.03. The molecule has 6 nitrogen and oxygen atoms in total. The molecule has 2 N–H and O–H groups in total. The Hall–Kier alpha value is -2.08. The molecule has 1 aromatic carbocycles. The van der Waals surface area contributed by atoms with E-state index in [4.69, 9.17) is 4.74 Å². The first-order valence-electron chi connectivity index (χ1n) is 8.04. The van der Waals surface area contributed by atoms with Gasteiger partial charge in [-0.25, -0.2) is 0 Å². The van der Waals surface area contributed by atoms with Crippen LogP contribution >= 0.6 is 0 Å². The number of methoxy groups -OCH3 is 1. The van der Waals surface area contributed by atoms with Crippen LogP contribution in [0.1, 0.15) is 37.6 Å². The number of nitrogens with zero attached hydrogens (tertiary/aromatic N) is 1. The van der Waals surface area contributed by atoms with Crippen LogP contribution in [0.4, 0.5) is 5.69 Å². The molecule has 0 atom stereocenters. The van der Waals surface area contributed by atoms with Crippen molar-refractivity contribution >= 4 is 17.5 Å². The maximum Gasteiger partial charge on any atom is 0.255 e. The van der Waals surface area contributed by atoms with Crippen LogP contribution in [0.2, 0.25) is 0 Å². The van der Waals surface area contributed by atoms with E-state index >= 15 is 0 Å². The molecule has 0 unspecified atom stereocenters. The quantitative estimate of drug-likeness (QED) is 0.731. The second kappa shape index (κ2) is 9.84. The van der Waals surface area contributed by atoms with E-state index in [1.807, 2.05) is 0 Å². The van der Waals surface area contributed by atoms with E-state index < -0.39 is 0 Å². The van der Waals surface area contributed by atoms with Crippen molar-refractivity contribution in [1.82, 2.24) is 10.2 Å². The average molecular weight is 321 g/mol. The molecule has 1 rings (SSSR count). The van der Waals surface area contributed by atoms with E-state index in [9.17, 15) is 9.59 Å². The Kier molecular flexibility index (Phi) is 8.11. The lowest BCUT2D eigenvalue weighted by atomic mass is 10.1. The van der Waals surface area contributed by atoms with E-state index in [2.05, 4.69) is 29.4 Å². The fourth-order valence-electron chi connectivity index (χ4n) is 2.17. The minimum Gasteiger partial charge on any atom is -0.496 e. The minimum absolute atomic E-state index is 0.0801. The molecule has 0 aliphatic carbocycles. The van der Waals surface area contributed by atoms with Crippen LogP contribution in [0.15, 0.2) is 18.2 Å². The van der Waals surface area contributed by atoms with Crippen LogP contribution < -0.4 is 15.4 Å². The van der Waals surface area contributed by atoms with Gasteiger partial charge in [-0.3, -0.25) is 9.59 Å². The number of amides is 2. The fourth-order valence-corrected chi connectivity index (χ4v) is 2.17. The molecule has 0 heterocycles. The number of anilines is 1. The van der Waals surface area contributed by atoms with Gasteiger partial charge in [0.2, 0.25) is 5.91 Å². The number of carbonyl (C=O) groups excluding carboxylic acids is 2. The number of ether oxygens (including phenoxy) is 1. The zero-order chi connectivity index (χ0) is 17.2. The second-order valence-electron chi connectivity index (χ2n) is 5.10. The Morgan fingerprint density at radius 1 is 1.17 bits per heavy atom. The molecular weight excluding hydrogens is 294 g/mol. The molecule has 0 aliphatic rings. The Balaban J connectivity index is 2.71. The zero-order valence-electron chi connectivity index (χ0n) is 14.4. The fraction of sp³-hybridized carbons (Fsp3) is 0.529. The van der Waals surface area contributed by atoms with Crippen LogP contribution in [0.25, 0.3) is 0 Å². The van der Waals surface area contributed by atoms with Gasteiger partial charge in [0.25, 0.3) is 5.91 Å². The molecule has 6 heteroatoms. The van der Waals surface area contributed by atoms with Gasteiger partial charge in [0, 0.05) is 31.3 Å². The van der Waals surface area contributed by atoms with Gasteiger partial charge in [0.1, 0.15) is 5.75 Å². The van der Waals surface area contributed by atoms with Crippen LogP contribution in [0.5, 0.6) is 5.75 Å². The summed E-state index contributed by atoms with van der Waals surface area (Å²) >= 11 is 0. The molecule has 0 aliphatic heterocycles. The number of benzene rings is 1. The summed E-state index contributed by atoms with van der Waals surface area (Å²) in [6.07, 6.45) is 0.399. The molecular formula is C17H27N3O3. The Morgan fingerprint density at radius 2 is 1.87 bits per heavy atom. The Morgan fingerprint density at radius 3 is 2.43 bits per heavy atom. The molecule has 0 bridgehead atoms. The summed E-state index contributed by atoms with van der Waals surface area (Å²) in [6.45, 7) is 9.28. The van der Waals surface area contributed by atoms with Gasteiger partial charge in [-0.1, -0.05) is 20.8 Å². The number of rotatable bonds is 9. The summed E-state index contributed by atoms with van der Waals surface area (Å²) < 4.78 is 5.27. The lowest BCUT2D eigenvalue weighted by Gasteiger charge is -2.18. The van der Waals surface area contributed by atoms with Gasteiger partial charge in [-0.2, -0.15) is 0 Å². The van der Waals surface area contributed by atoms with Gasteiger partial charge >= 0.3 is 0 Å². The van der Waals surface area contributed by atoms with Gasteiger partial charge in [-0.15, -0.1) is 0 Å². The van der Waals surface area contributed by atoms with E-state index in [1.165, 1.54) is 7.11 Å². The van der Waals surface area contributed by atoms with Crippen molar-refractivity contribution in [1.29, 1.82) is 0 Å². The van der Waals surface area contributed by atoms with Crippen LogP contribution in [-0.2, 0) is 4.79 Å². The highest BCUT2D eigenvalue weighted by molar-refractivity contribution is 5.98. The monoisotopic (exact) mass is 321 g/mol. The third kappa shape index (κ3) is 5.90. The number of likely N-dealkylation sites (N-methyl/N-ethyl adjacent to an activating group) is 1. The van der Waals surface area contributed by atoms with Crippen molar-refractivity contribution in [3.8, 4) is 5.75 Å². The van der Waals surface area contributed by atoms with Crippen molar-refractivity contribution < 1.29 is 14.3 Å². The number of hydrogen-bond acceptors (Lipinski definition) is 4. The summed E-state index contributed by atoms with van der Waals surface area (Å²) in [5.41, 5.74) is 1.08. The zero-order valence-corrected chi connectivity index (χ0v) is 14.4. The third-order valence-electron chi connectivity index (χ3n) is 3.66. The SMILES string of the molecule is CCC(=O)Nc1ccc(C(=O)NCCN(CC)CC)c(OC)c1. The van der Waals surface area contributed by atoms with Crippen molar-refractivity contribution in [2.45, 2.75) is 27.2 Å². The van der Waals surface area contributed by atoms with Gasteiger partial charge in [-0.05, 0) is 25.2 Å². The van der Waals surface area contributed by atoms with Crippen LogP contribution in [-0.4, -0.2) is 50.0 Å². The van der Waals surface area contributed by atoms with Crippen LogP contribution in [0, 0.1) is 0 Å². The maximum absolute atomic E-state index is 12.3. The maximum atomic E-state index is 12.3. The Bertz CT molecular complexity index is 528. The van der Waals surface area contributed by atoms with Crippen molar-refractivity contribution in [3.63, 3.8) is 0 Å². The summed E-state index contributed by atoms with van der Waals surface area (Å²) in [4.78, 5) is 25.9. The number of carbonyl (C=O) groups is 2. The highest BCUT2D eigenvalue weighted by Gasteiger charge is 2.13. The number of hydrogen-bond donors (Lipinski definition) is 2. The highest BCUT2D eigenvalue weighted by Crippen LogP contribution is 2.23. The van der Waals surface area contributed by atoms with Gasteiger partial charge < -0.3 is 20.3 Å². The molecule has 128 valence electrons. The largest absolute Gasteiger partial charge is 0.496 e. The normalized spacial score (nSPS) is 10.5. The number of nitrogens with one attached hydrogen (secondary N) is 2. The van der Waals surface area contributed by atoms with Crippen LogP contribution in [0.3, 0.4) is 0 Å². The highest BCUT2D eigenvalue weighted by atomic mass is 16.5. The van der Waals surface area contributed by atoms with Crippen molar-refractivity contribution in [3.05, 3.63) is 23.8 Å². The average Bonchev–Trinajstić information content (AvgIpc) is 2.58. The lowest BCUT2D eigenvalue weighted by molar-refractivity contribution is -0.115. The van der Waals surface area contributed by atoms with E-state index in [0.29, 0.717) is 30.0 Å².